The number of carboxylic acids is 1. The van der Waals surface area contributed by atoms with E-state index in [4.69, 9.17) is 5.11 Å². The Kier molecular flexibility index (Phi) is 3.90. The highest BCUT2D eigenvalue weighted by molar-refractivity contribution is 9.10. The molecule has 1 aromatic rings. The van der Waals surface area contributed by atoms with Gasteiger partial charge in [0.15, 0.2) is 0 Å². The molecular weight excluding hydrogens is 331 g/mol. The molecule has 1 N–H and O–H groups in total. The Labute approximate surface area is 124 Å². The van der Waals surface area contributed by atoms with Crippen LogP contribution >= 0.6 is 15.9 Å². The fourth-order valence-electron chi connectivity index (χ4n) is 2.33. The first-order valence-corrected chi connectivity index (χ1v) is 7.13. The predicted molar refractivity (Wildman–Crippen MR) is 74.5 cm³/mol. The number of rotatable bonds is 3. The summed E-state index contributed by atoms with van der Waals surface area (Å²) in [6, 6.07) is 1.75. The Morgan fingerprint density at radius 1 is 1.50 bits per heavy atom. The molecule has 0 spiro atoms. The van der Waals surface area contributed by atoms with Crippen LogP contribution in [0, 0.1) is 0 Å². The predicted octanol–water partition coefficient (Wildman–Crippen LogP) is 2.47. The van der Waals surface area contributed by atoms with Crippen LogP contribution in [-0.2, 0) is 4.79 Å². The van der Waals surface area contributed by atoms with Gasteiger partial charge in [0.25, 0.3) is 5.91 Å². The lowest BCUT2D eigenvalue weighted by Crippen LogP contribution is -2.39. The van der Waals surface area contributed by atoms with E-state index in [-0.39, 0.29) is 24.9 Å². The normalized spacial score (nSPS) is 22.6. The Bertz CT molecular complexity index is 558. The van der Waals surface area contributed by atoms with Crippen LogP contribution in [0.5, 0.6) is 0 Å². The molecule has 2 rings (SSSR count). The molecule has 1 unspecified atom stereocenters. The highest BCUT2D eigenvalue weighted by atomic mass is 79.9. The highest BCUT2D eigenvalue weighted by Gasteiger charge is 2.47. The van der Waals surface area contributed by atoms with Crippen molar-refractivity contribution in [3.8, 4) is 0 Å². The monoisotopic (exact) mass is 346 g/mol. The second-order valence-corrected chi connectivity index (χ2v) is 6.21. The molecule has 7 heteroatoms. The molecule has 1 amide bonds. The first kappa shape index (κ1) is 15.0. The molecule has 0 bridgehead atoms. The Morgan fingerprint density at radius 3 is 2.65 bits per heavy atom. The van der Waals surface area contributed by atoms with E-state index in [0.29, 0.717) is 5.69 Å². The molecule has 0 saturated carbocycles. The lowest BCUT2D eigenvalue weighted by Gasteiger charge is -2.20. The summed E-state index contributed by atoms with van der Waals surface area (Å²) in [4.78, 5) is 24.6. The van der Waals surface area contributed by atoms with Crippen LogP contribution in [0.2, 0.25) is 0 Å². The average Bonchev–Trinajstić information content (AvgIpc) is 2.93. The van der Waals surface area contributed by atoms with Crippen molar-refractivity contribution in [1.29, 1.82) is 0 Å². The molecule has 110 valence electrons. The number of nitrogens with zero attached hydrogens (tertiary/aromatic N) is 2. The van der Waals surface area contributed by atoms with Crippen LogP contribution in [0.1, 0.15) is 36.8 Å². The summed E-state index contributed by atoms with van der Waals surface area (Å²) in [7, 11) is 0. The Balaban J connectivity index is 2.24. The van der Waals surface area contributed by atoms with Gasteiger partial charge >= 0.3 is 5.97 Å². The van der Waals surface area contributed by atoms with Gasteiger partial charge < -0.3 is 14.6 Å². The van der Waals surface area contributed by atoms with Crippen molar-refractivity contribution in [3.05, 3.63) is 22.4 Å². The Morgan fingerprint density at radius 2 is 2.15 bits per heavy atom. The molecule has 1 aromatic heterocycles. The van der Waals surface area contributed by atoms with E-state index in [1.54, 1.807) is 16.8 Å². The number of aliphatic carboxylic acids is 1. The number of alkyl halides is 1. The molecule has 20 heavy (non-hydrogen) atoms. The van der Waals surface area contributed by atoms with Gasteiger partial charge in [-0.2, -0.15) is 0 Å². The molecule has 1 aliphatic rings. The van der Waals surface area contributed by atoms with Crippen molar-refractivity contribution < 1.29 is 19.1 Å². The molecule has 1 saturated heterocycles. The summed E-state index contributed by atoms with van der Waals surface area (Å²) in [5.41, 5.74) is -1.90. The zero-order valence-electron chi connectivity index (χ0n) is 11.3. The highest BCUT2D eigenvalue weighted by Crippen LogP contribution is 2.28. The lowest BCUT2D eigenvalue weighted by atomic mass is 10.1. The van der Waals surface area contributed by atoms with Gasteiger partial charge in [0.05, 0.1) is 6.54 Å². The molecule has 0 aliphatic carbocycles. The molecule has 5 nitrogen and oxygen atoms in total. The summed E-state index contributed by atoms with van der Waals surface area (Å²) in [5.74, 6) is -1.85. The molecule has 0 radical (unpaired) electrons. The number of halogens is 2. The summed E-state index contributed by atoms with van der Waals surface area (Å²) < 4.78 is 16.6. The molecule has 0 aromatic carbocycles. The van der Waals surface area contributed by atoms with Crippen molar-refractivity contribution in [2.45, 2.75) is 32.0 Å². The maximum absolute atomic E-state index is 14.0. The maximum atomic E-state index is 14.0. The van der Waals surface area contributed by atoms with Crippen molar-refractivity contribution in [2.75, 3.05) is 13.1 Å². The third-order valence-corrected chi connectivity index (χ3v) is 3.91. The van der Waals surface area contributed by atoms with Crippen LogP contribution in [0.15, 0.2) is 16.7 Å². The summed E-state index contributed by atoms with van der Waals surface area (Å²) in [6.07, 6.45) is 1.62. The first-order valence-electron chi connectivity index (χ1n) is 6.33. The van der Waals surface area contributed by atoms with Crippen LogP contribution in [-0.4, -0.2) is 45.2 Å². The van der Waals surface area contributed by atoms with Crippen LogP contribution in [0.4, 0.5) is 4.39 Å². The van der Waals surface area contributed by atoms with E-state index < -0.39 is 18.2 Å². The summed E-state index contributed by atoms with van der Waals surface area (Å²) in [6.45, 7) is 3.58. The van der Waals surface area contributed by atoms with Gasteiger partial charge in [0.1, 0.15) is 5.69 Å². The van der Waals surface area contributed by atoms with Crippen molar-refractivity contribution in [3.63, 3.8) is 0 Å². The molecule has 2 heterocycles. The minimum Gasteiger partial charge on any atom is -0.479 e. The van der Waals surface area contributed by atoms with Gasteiger partial charge in [-0.1, -0.05) is 0 Å². The summed E-state index contributed by atoms with van der Waals surface area (Å²) in [5, 5.41) is 8.86. The second kappa shape index (κ2) is 5.20. The number of carbonyl (C=O) groups excluding carboxylic acids is 1. The standard InChI is InChI=1S/C13H16BrFN2O3/c1-8(2)17-6-9(14)5-10(17)11(18)16-4-3-13(15,7-16)12(19)20/h5-6,8H,3-4,7H2,1-2H3,(H,19,20). The summed E-state index contributed by atoms with van der Waals surface area (Å²) >= 11 is 3.31. The van der Waals surface area contributed by atoms with E-state index >= 15 is 0 Å². The van der Waals surface area contributed by atoms with Crippen molar-refractivity contribution in [1.82, 2.24) is 9.47 Å². The zero-order valence-corrected chi connectivity index (χ0v) is 12.9. The number of carbonyl (C=O) groups is 2. The number of hydrogen-bond acceptors (Lipinski definition) is 2. The van der Waals surface area contributed by atoms with E-state index in [0.717, 1.165) is 4.47 Å². The maximum Gasteiger partial charge on any atom is 0.343 e. The molecular formula is C13H16BrFN2O3. The lowest BCUT2D eigenvalue weighted by molar-refractivity contribution is -0.149. The number of likely N-dealkylation sites (tertiary alicyclic amines) is 1. The average molecular weight is 347 g/mol. The SMILES string of the molecule is CC(C)n1cc(Br)cc1C(=O)N1CCC(F)(C(=O)O)C1. The number of aromatic nitrogens is 1. The van der Waals surface area contributed by atoms with Crippen LogP contribution in [0.3, 0.4) is 0 Å². The molecule has 1 aliphatic heterocycles. The second-order valence-electron chi connectivity index (χ2n) is 5.29. The van der Waals surface area contributed by atoms with Crippen LogP contribution < -0.4 is 0 Å². The zero-order chi connectivity index (χ0) is 15.1. The van der Waals surface area contributed by atoms with E-state index in [1.165, 1.54) is 4.90 Å². The van der Waals surface area contributed by atoms with Crippen molar-refractivity contribution >= 4 is 27.8 Å². The number of hydrogen-bond donors (Lipinski definition) is 1. The minimum absolute atomic E-state index is 0.0810. The Hall–Kier alpha value is -1.37. The van der Waals surface area contributed by atoms with Crippen LogP contribution in [0.25, 0.3) is 0 Å². The van der Waals surface area contributed by atoms with E-state index in [1.807, 2.05) is 13.8 Å². The molecule has 1 atom stereocenters. The van der Waals surface area contributed by atoms with Gasteiger partial charge in [-0.05, 0) is 35.8 Å². The smallest absolute Gasteiger partial charge is 0.343 e. The van der Waals surface area contributed by atoms with Crippen molar-refractivity contribution in [2.24, 2.45) is 0 Å². The van der Waals surface area contributed by atoms with E-state index in [9.17, 15) is 14.0 Å². The fourth-order valence-corrected chi connectivity index (χ4v) is 2.76. The fraction of sp³-hybridized carbons (Fsp3) is 0.538. The van der Waals surface area contributed by atoms with Gasteiger partial charge in [-0.15, -0.1) is 0 Å². The number of carboxylic acid groups (broad SMARTS) is 1. The van der Waals surface area contributed by atoms with Gasteiger partial charge in [-0.3, -0.25) is 4.79 Å². The molecule has 1 fully saturated rings. The third-order valence-electron chi connectivity index (χ3n) is 3.48. The topological polar surface area (TPSA) is 62.5 Å². The van der Waals surface area contributed by atoms with E-state index in [2.05, 4.69) is 15.9 Å². The largest absolute Gasteiger partial charge is 0.479 e. The van der Waals surface area contributed by atoms with Gasteiger partial charge in [-0.25, -0.2) is 9.18 Å². The number of amides is 1. The first-order chi connectivity index (χ1) is 9.24. The third kappa shape index (κ3) is 2.59. The van der Waals surface area contributed by atoms with Gasteiger partial charge in [0, 0.05) is 29.7 Å². The quantitative estimate of drug-likeness (QED) is 0.914. The minimum atomic E-state index is -2.33. The van der Waals surface area contributed by atoms with Gasteiger partial charge in [0.2, 0.25) is 5.67 Å².